The SMILES string of the molecule is CN(C)c1ccc(Nc2c(N)cccc2C(=O)O)cc1. The largest absolute Gasteiger partial charge is 0.478 e. The second-order valence-electron chi connectivity index (χ2n) is 4.64. The molecule has 0 spiro atoms. The van der Waals surface area contributed by atoms with Crippen molar-refractivity contribution in [1.29, 1.82) is 0 Å². The number of nitrogens with two attached hydrogens (primary N) is 1. The molecule has 0 atom stereocenters. The van der Waals surface area contributed by atoms with Gasteiger partial charge in [0.15, 0.2) is 0 Å². The second kappa shape index (κ2) is 5.52. The Morgan fingerprint density at radius 1 is 1.15 bits per heavy atom. The monoisotopic (exact) mass is 271 g/mol. The molecule has 2 aromatic carbocycles. The molecule has 2 rings (SSSR count). The van der Waals surface area contributed by atoms with E-state index < -0.39 is 5.97 Å². The number of aromatic carboxylic acids is 1. The maximum Gasteiger partial charge on any atom is 0.337 e. The molecule has 0 aliphatic rings. The molecule has 0 aliphatic heterocycles. The van der Waals surface area contributed by atoms with E-state index >= 15 is 0 Å². The Morgan fingerprint density at radius 3 is 2.35 bits per heavy atom. The Kier molecular flexibility index (Phi) is 3.79. The molecular weight excluding hydrogens is 254 g/mol. The van der Waals surface area contributed by atoms with E-state index in [0.29, 0.717) is 11.4 Å². The molecule has 0 radical (unpaired) electrons. The van der Waals surface area contributed by atoms with Crippen molar-refractivity contribution in [1.82, 2.24) is 0 Å². The number of hydrogen-bond acceptors (Lipinski definition) is 4. The van der Waals surface area contributed by atoms with E-state index in [-0.39, 0.29) is 5.56 Å². The van der Waals surface area contributed by atoms with Crippen LogP contribution in [0.15, 0.2) is 42.5 Å². The summed E-state index contributed by atoms with van der Waals surface area (Å²) in [4.78, 5) is 13.2. The number of carboxylic acid groups (broad SMARTS) is 1. The lowest BCUT2D eigenvalue weighted by Crippen LogP contribution is -2.08. The van der Waals surface area contributed by atoms with Gasteiger partial charge in [0.25, 0.3) is 0 Å². The maximum absolute atomic E-state index is 11.2. The molecule has 0 unspecified atom stereocenters. The fraction of sp³-hybridized carbons (Fsp3) is 0.133. The molecule has 20 heavy (non-hydrogen) atoms. The zero-order valence-corrected chi connectivity index (χ0v) is 11.4. The van der Waals surface area contributed by atoms with Crippen LogP contribution in [0.2, 0.25) is 0 Å². The summed E-state index contributed by atoms with van der Waals surface area (Å²) in [5, 5.41) is 12.2. The zero-order valence-electron chi connectivity index (χ0n) is 11.4. The lowest BCUT2D eigenvalue weighted by molar-refractivity contribution is 0.0698. The molecular formula is C15H17N3O2. The summed E-state index contributed by atoms with van der Waals surface area (Å²) in [6.07, 6.45) is 0. The summed E-state index contributed by atoms with van der Waals surface area (Å²) in [6.45, 7) is 0. The van der Waals surface area contributed by atoms with Gasteiger partial charge in [-0.15, -0.1) is 0 Å². The summed E-state index contributed by atoms with van der Waals surface area (Å²) < 4.78 is 0. The van der Waals surface area contributed by atoms with Gasteiger partial charge in [0, 0.05) is 25.5 Å². The first-order valence-corrected chi connectivity index (χ1v) is 6.15. The third-order valence-electron chi connectivity index (χ3n) is 2.98. The summed E-state index contributed by atoms with van der Waals surface area (Å²) >= 11 is 0. The fourth-order valence-corrected chi connectivity index (χ4v) is 1.88. The van der Waals surface area contributed by atoms with E-state index in [4.69, 9.17) is 5.73 Å². The molecule has 0 heterocycles. The number of carbonyl (C=O) groups is 1. The molecule has 0 fully saturated rings. The quantitative estimate of drug-likeness (QED) is 0.745. The average molecular weight is 271 g/mol. The Hall–Kier alpha value is -2.69. The minimum absolute atomic E-state index is 0.154. The average Bonchev–Trinajstić information content (AvgIpc) is 2.41. The molecule has 0 aliphatic carbocycles. The number of nitrogens with zero attached hydrogens (tertiary/aromatic N) is 1. The number of nitrogen functional groups attached to an aromatic ring is 1. The number of hydrogen-bond donors (Lipinski definition) is 3. The van der Waals surface area contributed by atoms with Crippen molar-refractivity contribution in [2.75, 3.05) is 30.0 Å². The highest BCUT2D eigenvalue weighted by molar-refractivity contribution is 5.98. The molecule has 0 saturated heterocycles. The molecule has 0 bridgehead atoms. The van der Waals surface area contributed by atoms with Crippen molar-refractivity contribution in [2.24, 2.45) is 0 Å². The van der Waals surface area contributed by atoms with Crippen LogP contribution in [0.5, 0.6) is 0 Å². The fourth-order valence-electron chi connectivity index (χ4n) is 1.88. The maximum atomic E-state index is 11.2. The van der Waals surface area contributed by atoms with Crippen molar-refractivity contribution >= 4 is 28.7 Å². The van der Waals surface area contributed by atoms with E-state index in [1.54, 1.807) is 12.1 Å². The molecule has 5 heteroatoms. The van der Waals surface area contributed by atoms with Crippen LogP contribution in [0.3, 0.4) is 0 Å². The number of para-hydroxylation sites is 1. The smallest absolute Gasteiger partial charge is 0.337 e. The lowest BCUT2D eigenvalue weighted by atomic mass is 10.1. The summed E-state index contributed by atoms with van der Waals surface area (Å²) in [5.74, 6) is -1.01. The van der Waals surface area contributed by atoms with Crippen LogP contribution in [0, 0.1) is 0 Å². The normalized spacial score (nSPS) is 10.1. The summed E-state index contributed by atoms with van der Waals surface area (Å²) in [6, 6.07) is 12.5. The first-order valence-electron chi connectivity index (χ1n) is 6.15. The Labute approximate surface area is 117 Å². The molecule has 0 saturated carbocycles. The molecule has 2 aromatic rings. The molecule has 104 valence electrons. The van der Waals surface area contributed by atoms with Gasteiger partial charge in [0.05, 0.1) is 16.9 Å². The minimum Gasteiger partial charge on any atom is -0.478 e. The molecule has 0 amide bonds. The van der Waals surface area contributed by atoms with Gasteiger partial charge in [-0.25, -0.2) is 4.79 Å². The van der Waals surface area contributed by atoms with Gasteiger partial charge in [-0.3, -0.25) is 0 Å². The first-order chi connectivity index (χ1) is 9.49. The third kappa shape index (κ3) is 2.83. The van der Waals surface area contributed by atoms with Gasteiger partial charge in [0.1, 0.15) is 0 Å². The van der Waals surface area contributed by atoms with E-state index in [1.807, 2.05) is 43.3 Å². The van der Waals surface area contributed by atoms with E-state index in [1.165, 1.54) is 6.07 Å². The highest BCUT2D eigenvalue weighted by atomic mass is 16.4. The van der Waals surface area contributed by atoms with E-state index in [2.05, 4.69) is 5.32 Å². The van der Waals surface area contributed by atoms with Gasteiger partial charge in [0.2, 0.25) is 0 Å². The number of carboxylic acids is 1. The van der Waals surface area contributed by atoms with Crippen LogP contribution < -0.4 is 16.0 Å². The topological polar surface area (TPSA) is 78.6 Å². The van der Waals surface area contributed by atoms with Gasteiger partial charge in [-0.05, 0) is 36.4 Å². The van der Waals surface area contributed by atoms with Crippen molar-refractivity contribution in [3.8, 4) is 0 Å². The number of anilines is 4. The van der Waals surface area contributed by atoms with Crippen molar-refractivity contribution in [2.45, 2.75) is 0 Å². The molecule has 4 N–H and O–H groups in total. The molecule has 5 nitrogen and oxygen atoms in total. The predicted octanol–water partition coefficient (Wildman–Crippen LogP) is 2.78. The van der Waals surface area contributed by atoms with Crippen LogP contribution >= 0.6 is 0 Å². The van der Waals surface area contributed by atoms with Gasteiger partial charge in [-0.1, -0.05) is 6.07 Å². The third-order valence-corrected chi connectivity index (χ3v) is 2.98. The highest BCUT2D eigenvalue weighted by Crippen LogP contribution is 2.28. The Morgan fingerprint density at radius 2 is 1.80 bits per heavy atom. The van der Waals surface area contributed by atoms with Crippen LogP contribution in [0.4, 0.5) is 22.7 Å². The van der Waals surface area contributed by atoms with Crippen LogP contribution in [0.25, 0.3) is 0 Å². The number of nitrogens with one attached hydrogen (secondary N) is 1. The second-order valence-corrected chi connectivity index (χ2v) is 4.64. The number of benzene rings is 2. The number of rotatable bonds is 4. The van der Waals surface area contributed by atoms with Crippen LogP contribution in [-0.4, -0.2) is 25.2 Å². The van der Waals surface area contributed by atoms with Gasteiger partial charge < -0.3 is 21.1 Å². The van der Waals surface area contributed by atoms with Crippen molar-refractivity contribution in [3.05, 3.63) is 48.0 Å². The summed E-state index contributed by atoms with van der Waals surface area (Å²) in [7, 11) is 3.92. The van der Waals surface area contributed by atoms with Crippen LogP contribution in [-0.2, 0) is 0 Å². The van der Waals surface area contributed by atoms with Gasteiger partial charge >= 0.3 is 5.97 Å². The highest BCUT2D eigenvalue weighted by Gasteiger charge is 2.12. The standard InChI is InChI=1S/C15H17N3O2/c1-18(2)11-8-6-10(7-9-11)17-14-12(15(19)20)4-3-5-13(14)16/h3-9,17H,16H2,1-2H3,(H,19,20). The first kappa shape index (κ1) is 13.7. The molecule has 0 aromatic heterocycles. The summed E-state index contributed by atoms with van der Waals surface area (Å²) in [5.41, 5.74) is 8.68. The minimum atomic E-state index is -1.01. The Bertz CT molecular complexity index is 622. The van der Waals surface area contributed by atoms with E-state index in [0.717, 1.165) is 11.4 Å². The predicted molar refractivity (Wildman–Crippen MR) is 81.9 cm³/mol. The van der Waals surface area contributed by atoms with Crippen LogP contribution in [0.1, 0.15) is 10.4 Å². The van der Waals surface area contributed by atoms with Crippen molar-refractivity contribution < 1.29 is 9.90 Å². The zero-order chi connectivity index (χ0) is 14.7. The lowest BCUT2D eigenvalue weighted by Gasteiger charge is -2.15. The van der Waals surface area contributed by atoms with Gasteiger partial charge in [-0.2, -0.15) is 0 Å². The van der Waals surface area contributed by atoms with Crippen molar-refractivity contribution in [3.63, 3.8) is 0 Å². The Balaban J connectivity index is 2.32. The van der Waals surface area contributed by atoms with E-state index in [9.17, 15) is 9.90 Å².